The van der Waals surface area contributed by atoms with Gasteiger partial charge in [0.05, 0.1) is 11.2 Å². The van der Waals surface area contributed by atoms with E-state index in [0.717, 1.165) is 0 Å². The van der Waals surface area contributed by atoms with Crippen LogP contribution < -0.4 is 10.0 Å². The van der Waals surface area contributed by atoms with Crippen molar-refractivity contribution in [2.45, 2.75) is 36.7 Å². The summed E-state index contributed by atoms with van der Waals surface area (Å²) in [6.45, 7) is 0.295. The Morgan fingerprint density at radius 2 is 1.93 bits per heavy atom. The highest BCUT2D eigenvalue weighted by molar-refractivity contribution is 7.89. The highest BCUT2D eigenvalue weighted by Crippen LogP contribution is 2.14. The highest BCUT2D eigenvalue weighted by Gasteiger charge is 2.26. The van der Waals surface area contributed by atoms with Crippen molar-refractivity contribution in [3.63, 3.8) is 0 Å². The highest BCUT2D eigenvalue weighted by atomic mass is 35.5. The van der Waals surface area contributed by atoms with Crippen molar-refractivity contribution < 1.29 is 23.1 Å². The molecule has 0 fully saturated rings. The van der Waals surface area contributed by atoms with Crippen molar-refractivity contribution in [2.75, 3.05) is 6.54 Å². The second-order valence-electron chi connectivity index (χ2n) is 6.03. The maximum absolute atomic E-state index is 12.6. The molecule has 3 N–H and O–H groups in total. The van der Waals surface area contributed by atoms with Crippen LogP contribution in [0.15, 0.2) is 47.9 Å². The molecule has 2 aromatic rings. The van der Waals surface area contributed by atoms with E-state index in [1.807, 2.05) is 0 Å². The lowest BCUT2D eigenvalue weighted by Gasteiger charge is -2.19. The smallest absolute Gasteiger partial charge is 0.303 e. The minimum absolute atomic E-state index is 0.0114. The molecule has 2 rings (SSSR count). The third-order valence-corrected chi connectivity index (χ3v) is 5.55. The number of imidazole rings is 1. The van der Waals surface area contributed by atoms with Crippen LogP contribution in [0.25, 0.3) is 0 Å². The molecule has 1 amide bonds. The maximum Gasteiger partial charge on any atom is 0.303 e. The standard InChI is InChI=1S/C17H21ClN4O5S/c18-13-4-6-14(7-5-13)28(26,27)21-15(11-22-10-9-19-12-22)17(25)20-8-2-1-3-16(23)24/h4-7,9-10,12,15,21H,1-3,8,11H2,(H,20,25)(H,23,24). The SMILES string of the molecule is O=C(O)CCCCNC(=O)C(Cn1ccnc1)NS(=O)(=O)c1ccc(Cl)cc1. The van der Waals surface area contributed by atoms with E-state index in [-0.39, 0.29) is 24.4 Å². The normalized spacial score (nSPS) is 12.5. The maximum atomic E-state index is 12.6. The number of aromatic nitrogens is 2. The summed E-state index contributed by atoms with van der Waals surface area (Å²) in [6, 6.07) is 4.52. The third kappa shape index (κ3) is 6.95. The van der Waals surface area contributed by atoms with E-state index in [4.69, 9.17) is 16.7 Å². The number of nitrogens with one attached hydrogen (secondary N) is 2. The summed E-state index contributed by atoms with van der Waals surface area (Å²) >= 11 is 5.79. The number of nitrogens with zero attached hydrogens (tertiary/aromatic N) is 2. The molecule has 0 aliphatic heterocycles. The Balaban J connectivity index is 2.05. The Morgan fingerprint density at radius 3 is 2.54 bits per heavy atom. The van der Waals surface area contributed by atoms with Crippen LogP contribution in [-0.4, -0.2) is 47.5 Å². The Bertz CT molecular complexity index is 885. The molecule has 28 heavy (non-hydrogen) atoms. The molecular weight excluding hydrogens is 408 g/mol. The molecule has 1 atom stereocenters. The van der Waals surface area contributed by atoms with E-state index in [1.54, 1.807) is 10.8 Å². The van der Waals surface area contributed by atoms with Gasteiger partial charge in [0.25, 0.3) is 0 Å². The van der Waals surface area contributed by atoms with Crippen LogP contribution in [0.5, 0.6) is 0 Å². The van der Waals surface area contributed by atoms with Gasteiger partial charge in [-0.3, -0.25) is 9.59 Å². The molecule has 1 aromatic heterocycles. The Hall–Kier alpha value is -2.43. The molecular formula is C17H21ClN4O5S. The van der Waals surface area contributed by atoms with Gasteiger partial charge in [-0.05, 0) is 37.1 Å². The van der Waals surface area contributed by atoms with Gasteiger partial charge < -0.3 is 15.0 Å². The lowest BCUT2D eigenvalue weighted by Crippen LogP contribution is -2.49. The molecule has 152 valence electrons. The summed E-state index contributed by atoms with van der Waals surface area (Å²) < 4.78 is 29.2. The number of benzene rings is 1. The average molecular weight is 429 g/mol. The van der Waals surface area contributed by atoms with E-state index >= 15 is 0 Å². The number of carbonyl (C=O) groups excluding carboxylic acids is 1. The molecule has 0 aliphatic rings. The molecule has 1 heterocycles. The molecule has 1 unspecified atom stereocenters. The first-order valence-corrected chi connectivity index (χ1v) is 10.4. The zero-order valence-electron chi connectivity index (χ0n) is 14.9. The third-order valence-electron chi connectivity index (χ3n) is 3.81. The number of unbranched alkanes of at least 4 members (excludes halogenated alkanes) is 1. The zero-order chi connectivity index (χ0) is 20.6. The van der Waals surface area contributed by atoms with Crippen molar-refractivity contribution in [3.8, 4) is 0 Å². The second-order valence-corrected chi connectivity index (χ2v) is 8.18. The number of hydrogen-bond acceptors (Lipinski definition) is 5. The molecule has 0 bridgehead atoms. The van der Waals surface area contributed by atoms with Crippen LogP contribution in [-0.2, 0) is 26.2 Å². The van der Waals surface area contributed by atoms with Crippen molar-refractivity contribution in [1.82, 2.24) is 19.6 Å². The Kier molecular flexibility index (Phi) is 7.97. The summed E-state index contributed by atoms with van der Waals surface area (Å²) in [5.41, 5.74) is 0. The molecule has 0 saturated carbocycles. The van der Waals surface area contributed by atoms with Crippen molar-refractivity contribution in [1.29, 1.82) is 0 Å². The first-order valence-electron chi connectivity index (χ1n) is 8.51. The minimum atomic E-state index is -3.95. The summed E-state index contributed by atoms with van der Waals surface area (Å²) in [4.78, 5) is 26.9. The molecule has 0 saturated heterocycles. The number of halogens is 1. The lowest BCUT2D eigenvalue weighted by molar-refractivity contribution is -0.137. The van der Waals surface area contributed by atoms with Gasteiger partial charge in [0, 0.05) is 36.9 Å². The van der Waals surface area contributed by atoms with E-state index in [1.165, 1.54) is 36.8 Å². The molecule has 1 aromatic carbocycles. The van der Waals surface area contributed by atoms with Crippen LogP contribution in [0.1, 0.15) is 19.3 Å². The van der Waals surface area contributed by atoms with Gasteiger partial charge in [-0.15, -0.1) is 0 Å². The van der Waals surface area contributed by atoms with Crippen molar-refractivity contribution in [2.24, 2.45) is 0 Å². The van der Waals surface area contributed by atoms with Gasteiger partial charge in [-0.25, -0.2) is 13.4 Å². The van der Waals surface area contributed by atoms with Crippen LogP contribution >= 0.6 is 11.6 Å². The fourth-order valence-corrected chi connectivity index (χ4v) is 3.70. The number of sulfonamides is 1. The summed E-state index contributed by atoms with van der Waals surface area (Å²) in [5, 5.41) is 11.7. The number of rotatable bonds is 11. The molecule has 11 heteroatoms. The topological polar surface area (TPSA) is 130 Å². The lowest BCUT2D eigenvalue weighted by atomic mass is 10.2. The number of carboxylic acids is 1. The van der Waals surface area contributed by atoms with Gasteiger partial charge in [0.1, 0.15) is 6.04 Å². The second kappa shape index (κ2) is 10.2. The van der Waals surface area contributed by atoms with Gasteiger partial charge >= 0.3 is 5.97 Å². The summed E-state index contributed by atoms with van der Waals surface area (Å²) in [5.74, 6) is -1.42. The number of hydrogen-bond donors (Lipinski definition) is 3. The number of amides is 1. The van der Waals surface area contributed by atoms with Crippen LogP contribution in [0.4, 0.5) is 0 Å². The number of carboxylic acid groups (broad SMARTS) is 1. The molecule has 0 radical (unpaired) electrons. The Morgan fingerprint density at radius 1 is 1.21 bits per heavy atom. The Labute approximate surface area is 167 Å². The molecule has 9 nitrogen and oxygen atoms in total. The van der Waals surface area contributed by atoms with Gasteiger partial charge in [-0.1, -0.05) is 11.6 Å². The number of aliphatic carboxylic acids is 1. The van der Waals surface area contributed by atoms with Crippen molar-refractivity contribution >= 4 is 33.5 Å². The predicted octanol–water partition coefficient (Wildman–Crippen LogP) is 1.25. The number of carbonyl (C=O) groups is 2. The van der Waals surface area contributed by atoms with E-state index in [9.17, 15) is 18.0 Å². The molecule has 0 aliphatic carbocycles. The van der Waals surface area contributed by atoms with E-state index < -0.39 is 27.9 Å². The van der Waals surface area contributed by atoms with E-state index in [2.05, 4.69) is 15.0 Å². The van der Waals surface area contributed by atoms with Gasteiger partial charge in [0.2, 0.25) is 15.9 Å². The first-order chi connectivity index (χ1) is 13.3. The fourth-order valence-electron chi connectivity index (χ4n) is 2.38. The van der Waals surface area contributed by atoms with Gasteiger partial charge in [-0.2, -0.15) is 4.72 Å². The van der Waals surface area contributed by atoms with Gasteiger partial charge in [0.15, 0.2) is 0 Å². The average Bonchev–Trinajstić information content (AvgIpc) is 3.13. The quantitative estimate of drug-likeness (QED) is 0.462. The minimum Gasteiger partial charge on any atom is -0.481 e. The van der Waals surface area contributed by atoms with Crippen LogP contribution in [0.3, 0.4) is 0 Å². The predicted molar refractivity (Wildman–Crippen MR) is 102 cm³/mol. The van der Waals surface area contributed by atoms with Crippen LogP contribution in [0, 0.1) is 0 Å². The zero-order valence-corrected chi connectivity index (χ0v) is 16.5. The largest absolute Gasteiger partial charge is 0.481 e. The van der Waals surface area contributed by atoms with E-state index in [0.29, 0.717) is 17.9 Å². The molecule has 0 spiro atoms. The fraction of sp³-hybridized carbons (Fsp3) is 0.353. The first kappa shape index (κ1) is 21.9. The monoisotopic (exact) mass is 428 g/mol. The van der Waals surface area contributed by atoms with Crippen molar-refractivity contribution in [3.05, 3.63) is 48.0 Å². The summed E-state index contributed by atoms with van der Waals surface area (Å²) in [6.07, 6.45) is 5.51. The summed E-state index contributed by atoms with van der Waals surface area (Å²) in [7, 11) is -3.95. The van der Waals surface area contributed by atoms with Crippen LogP contribution in [0.2, 0.25) is 5.02 Å².